The molecule has 0 bridgehead atoms. The molecule has 1 nitrogen and oxygen atoms in total. The molecule has 0 saturated heterocycles. The van der Waals surface area contributed by atoms with Crippen LogP contribution in [0.2, 0.25) is 5.02 Å². The molecule has 0 N–H and O–H groups in total. The molecule has 4 heteroatoms. The van der Waals surface area contributed by atoms with Crippen molar-refractivity contribution in [3.05, 3.63) is 58.6 Å². The van der Waals surface area contributed by atoms with E-state index in [0.29, 0.717) is 5.02 Å². The van der Waals surface area contributed by atoms with E-state index in [1.165, 1.54) is 10.5 Å². The highest BCUT2D eigenvalue weighted by atomic mass is 79.9. The second kappa shape index (κ2) is 6.69. The Bertz CT molecular complexity index is 574. The van der Waals surface area contributed by atoms with Crippen molar-refractivity contribution >= 4 is 39.3 Å². The Morgan fingerprint density at radius 3 is 2.58 bits per heavy atom. The molecule has 1 atom stereocenters. The lowest BCUT2D eigenvalue weighted by molar-refractivity contribution is 0.410. The van der Waals surface area contributed by atoms with Crippen LogP contribution in [0.3, 0.4) is 0 Å². The zero-order valence-electron chi connectivity index (χ0n) is 10.7. The minimum absolute atomic E-state index is 0.0600. The van der Waals surface area contributed by atoms with Crippen molar-refractivity contribution in [2.75, 3.05) is 13.4 Å². The Hall–Kier alpha value is -0.640. The molecule has 0 saturated carbocycles. The van der Waals surface area contributed by atoms with Crippen molar-refractivity contribution in [2.45, 2.75) is 9.72 Å². The summed E-state index contributed by atoms with van der Waals surface area (Å²) < 4.78 is 5.42. The molecule has 0 aromatic heterocycles. The van der Waals surface area contributed by atoms with Gasteiger partial charge >= 0.3 is 0 Å². The van der Waals surface area contributed by atoms with Crippen LogP contribution in [-0.4, -0.2) is 13.4 Å². The quantitative estimate of drug-likeness (QED) is 0.523. The molecule has 0 aliphatic carbocycles. The lowest BCUT2D eigenvalue weighted by Gasteiger charge is -2.17. The van der Waals surface area contributed by atoms with Crippen LogP contribution in [0.5, 0.6) is 5.75 Å². The molecule has 2 aromatic rings. The number of hydrogen-bond donors (Lipinski definition) is 0. The van der Waals surface area contributed by atoms with Crippen LogP contribution in [-0.2, 0) is 0 Å². The molecule has 2 rings (SSSR count). The summed E-state index contributed by atoms with van der Waals surface area (Å²) in [4.78, 5) is 1.30. The van der Waals surface area contributed by atoms with Gasteiger partial charge in [-0.15, -0.1) is 11.8 Å². The van der Waals surface area contributed by atoms with Crippen LogP contribution in [0.15, 0.2) is 47.4 Å². The van der Waals surface area contributed by atoms with Crippen molar-refractivity contribution < 1.29 is 4.74 Å². The fourth-order valence-corrected chi connectivity index (χ4v) is 3.67. The van der Waals surface area contributed by atoms with Crippen molar-refractivity contribution in [3.8, 4) is 5.75 Å². The molecule has 19 heavy (non-hydrogen) atoms. The molecule has 1 unspecified atom stereocenters. The van der Waals surface area contributed by atoms with Gasteiger partial charge in [-0.2, -0.15) is 0 Å². The van der Waals surface area contributed by atoms with E-state index in [1.807, 2.05) is 30.3 Å². The zero-order valence-corrected chi connectivity index (χ0v) is 13.8. The Morgan fingerprint density at radius 1 is 1.16 bits per heavy atom. The summed E-state index contributed by atoms with van der Waals surface area (Å²) in [6.45, 7) is 0. The van der Waals surface area contributed by atoms with Crippen molar-refractivity contribution in [2.24, 2.45) is 0 Å². The first kappa shape index (κ1) is 14.8. The average Bonchev–Trinajstić information content (AvgIpc) is 2.46. The molecular weight excluding hydrogens is 344 g/mol. The van der Waals surface area contributed by atoms with Crippen LogP contribution >= 0.6 is 39.3 Å². The molecule has 0 radical (unpaired) electrons. The summed E-state index contributed by atoms with van der Waals surface area (Å²) in [5.41, 5.74) is 2.26. The van der Waals surface area contributed by atoms with Crippen molar-refractivity contribution in [1.82, 2.24) is 0 Å². The number of methoxy groups -OCH3 is 1. The Labute approximate surface area is 131 Å². The normalized spacial score (nSPS) is 12.2. The lowest BCUT2D eigenvalue weighted by atomic mass is 10.0. The van der Waals surface area contributed by atoms with Gasteiger partial charge in [-0.05, 0) is 36.1 Å². The van der Waals surface area contributed by atoms with Gasteiger partial charge in [0.25, 0.3) is 0 Å². The number of halogens is 2. The highest BCUT2D eigenvalue weighted by Gasteiger charge is 2.18. The highest BCUT2D eigenvalue weighted by Crippen LogP contribution is 2.41. The molecule has 0 aliphatic heterocycles. The lowest BCUT2D eigenvalue weighted by Crippen LogP contribution is -1.98. The molecule has 0 spiro atoms. The van der Waals surface area contributed by atoms with E-state index < -0.39 is 0 Å². The van der Waals surface area contributed by atoms with Gasteiger partial charge in [0, 0.05) is 15.5 Å². The molecule has 0 aliphatic rings. The Kier molecular flexibility index (Phi) is 5.20. The second-order valence-corrected chi connectivity index (χ2v) is 6.19. The van der Waals surface area contributed by atoms with Crippen molar-refractivity contribution in [3.63, 3.8) is 0 Å². The third-order valence-electron chi connectivity index (χ3n) is 2.88. The largest absolute Gasteiger partial charge is 0.496 e. The van der Waals surface area contributed by atoms with Gasteiger partial charge in [0.15, 0.2) is 0 Å². The van der Waals surface area contributed by atoms with E-state index in [1.54, 1.807) is 18.9 Å². The van der Waals surface area contributed by atoms with Crippen LogP contribution in [0, 0.1) is 0 Å². The second-order valence-electron chi connectivity index (χ2n) is 3.99. The van der Waals surface area contributed by atoms with Gasteiger partial charge in [-0.3, -0.25) is 0 Å². The summed E-state index contributed by atoms with van der Waals surface area (Å²) in [5.74, 6) is 0.835. The summed E-state index contributed by atoms with van der Waals surface area (Å²) in [7, 11) is 1.67. The van der Waals surface area contributed by atoms with E-state index in [4.69, 9.17) is 16.3 Å². The fourth-order valence-electron chi connectivity index (χ4n) is 1.95. The number of alkyl halides is 1. The Morgan fingerprint density at radius 2 is 1.89 bits per heavy atom. The van der Waals surface area contributed by atoms with Crippen LogP contribution < -0.4 is 4.74 Å². The van der Waals surface area contributed by atoms with Crippen LogP contribution in [0.4, 0.5) is 0 Å². The standard InChI is InChI=1S/C15H14BrClOS/c1-18-13-8-7-10(17)9-12(13)15(16)11-5-3-4-6-14(11)19-2/h3-9,15H,1-2H3. The van der Waals surface area contributed by atoms with Gasteiger partial charge in [-0.25, -0.2) is 0 Å². The zero-order chi connectivity index (χ0) is 13.8. The fraction of sp³-hybridized carbons (Fsp3) is 0.200. The number of rotatable bonds is 4. The number of ether oxygens (including phenoxy) is 1. The van der Waals surface area contributed by atoms with Gasteiger partial charge in [0.05, 0.1) is 11.9 Å². The van der Waals surface area contributed by atoms with Crippen LogP contribution in [0.1, 0.15) is 16.0 Å². The first-order valence-corrected chi connectivity index (χ1v) is 8.29. The molecule has 0 amide bonds. The van der Waals surface area contributed by atoms with Crippen molar-refractivity contribution in [1.29, 1.82) is 0 Å². The number of thioether (sulfide) groups is 1. The summed E-state index contributed by atoms with van der Waals surface area (Å²) in [5, 5.41) is 0.710. The van der Waals surface area contributed by atoms with E-state index in [2.05, 4.69) is 34.3 Å². The number of hydrogen-bond acceptors (Lipinski definition) is 2. The number of benzene rings is 2. The minimum Gasteiger partial charge on any atom is -0.496 e. The van der Waals surface area contributed by atoms with Gasteiger partial charge in [0.1, 0.15) is 5.75 Å². The topological polar surface area (TPSA) is 9.23 Å². The Balaban J connectivity index is 2.49. The predicted octanol–water partition coefficient (Wildman–Crippen LogP) is 5.55. The molecule has 0 heterocycles. The van der Waals surface area contributed by atoms with Gasteiger partial charge in [0.2, 0.25) is 0 Å². The third-order valence-corrected chi connectivity index (χ3v) is 4.91. The summed E-state index contributed by atoms with van der Waals surface area (Å²) in [6.07, 6.45) is 2.08. The minimum atomic E-state index is 0.0600. The molecule has 100 valence electrons. The monoisotopic (exact) mass is 356 g/mol. The molecular formula is C15H14BrClOS. The average molecular weight is 358 g/mol. The molecule has 2 aromatic carbocycles. The summed E-state index contributed by atoms with van der Waals surface area (Å²) in [6, 6.07) is 14.0. The van der Waals surface area contributed by atoms with Crippen LogP contribution in [0.25, 0.3) is 0 Å². The maximum Gasteiger partial charge on any atom is 0.123 e. The molecule has 0 fully saturated rings. The van der Waals surface area contributed by atoms with Gasteiger partial charge < -0.3 is 4.74 Å². The first-order valence-electron chi connectivity index (χ1n) is 5.77. The van der Waals surface area contributed by atoms with E-state index >= 15 is 0 Å². The van der Waals surface area contributed by atoms with E-state index in [9.17, 15) is 0 Å². The van der Waals surface area contributed by atoms with E-state index in [0.717, 1.165) is 11.3 Å². The maximum absolute atomic E-state index is 6.10. The predicted molar refractivity (Wildman–Crippen MR) is 87.0 cm³/mol. The third kappa shape index (κ3) is 3.28. The van der Waals surface area contributed by atoms with Gasteiger partial charge in [-0.1, -0.05) is 45.7 Å². The SMILES string of the molecule is COc1ccc(Cl)cc1C(Br)c1ccccc1SC. The summed E-state index contributed by atoms with van der Waals surface area (Å²) >= 11 is 11.6. The smallest absolute Gasteiger partial charge is 0.123 e. The first-order chi connectivity index (χ1) is 9.17. The highest BCUT2D eigenvalue weighted by molar-refractivity contribution is 9.09. The van der Waals surface area contributed by atoms with E-state index in [-0.39, 0.29) is 4.83 Å². The maximum atomic E-state index is 6.10.